The van der Waals surface area contributed by atoms with Crippen molar-refractivity contribution in [2.24, 2.45) is 5.73 Å². The first-order valence-corrected chi connectivity index (χ1v) is 7.51. The van der Waals surface area contributed by atoms with Crippen LogP contribution in [-0.4, -0.2) is 12.3 Å². The average molecular weight is 282 g/mol. The molecule has 0 radical (unpaired) electrons. The summed E-state index contributed by atoms with van der Waals surface area (Å²) in [6, 6.07) is 3.95. The highest BCUT2D eigenvalue weighted by atomic mass is 35.5. The Kier molecular flexibility index (Phi) is 3.59. The molecule has 1 saturated carbocycles. The van der Waals surface area contributed by atoms with Crippen LogP contribution in [0.3, 0.4) is 0 Å². The van der Waals surface area contributed by atoms with Gasteiger partial charge in [0.2, 0.25) is 0 Å². The minimum absolute atomic E-state index is 0.401. The number of rotatable bonds is 4. The van der Waals surface area contributed by atoms with Gasteiger partial charge in [0.25, 0.3) is 5.79 Å². The van der Waals surface area contributed by atoms with E-state index in [1.807, 2.05) is 12.1 Å². The van der Waals surface area contributed by atoms with Crippen molar-refractivity contribution in [1.29, 1.82) is 0 Å². The first-order valence-electron chi connectivity index (χ1n) is 7.13. The molecule has 0 aromatic heterocycles. The van der Waals surface area contributed by atoms with E-state index in [-0.39, 0.29) is 0 Å². The third-order valence-electron chi connectivity index (χ3n) is 3.97. The molecule has 2 N–H and O–H groups in total. The van der Waals surface area contributed by atoms with Crippen LogP contribution in [0.2, 0.25) is 5.02 Å². The van der Waals surface area contributed by atoms with Gasteiger partial charge in [0.05, 0.1) is 0 Å². The molecule has 0 amide bonds. The second-order valence-electron chi connectivity index (χ2n) is 5.46. The van der Waals surface area contributed by atoms with E-state index in [0.717, 1.165) is 60.7 Å². The number of ether oxygens (including phenoxy) is 2. The molecule has 2 aliphatic rings. The van der Waals surface area contributed by atoms with Crippen molar-refractivity contribution in [2.45, 2.75) is 50.7 Å². The normalized spacial score (nSPS) is 19.3. The van der Waals surface area contributed by atoms with Crippen molar-refractivity contribution in [3.8, 4) is 11.5 Å². The van der Waals surface area contributed by atoms with Gasteiger partial charge in [-0.2, -0.15) is 0 Å². The van der Waals surface area contributed by atoms with Gasteiger partial charge in [0, 0.05) is 23.9 Å². The topological polar surface area (TPSA) is 44.5 Å². The molecule has 1 heterocycles. The van der Waals surface area contributed by atoms with Crippen LogP contribution in [0.5, 0.6) is 11.5 Å². The highest BCUT2D eigenvalue weighted by molar-refractivity contribution is 6.31. The number of halogens is 1. The lowest BCUT2D eigenvalue weighted by atomic mass is 10.1. The Morgan fingerprint density at radius 2 is 1.79 bits per heavy atom. The maximum absolute atomic E-state index is 6.32. The molecule has 0 unspecified atom stereocenters. The summed E-state index contributed by atoms with van der Waals surface area (Å²) in [4.78, 5) is 0. The van der Waals surface area contributed by atoms with Gasteiger partial charge in [0.15, 0.2) is 11.5 Å². The summed E-state index contributed by atoms with van der Waals surface area (Å²) in [6.07, 6.45) is 7.31. The first-order chi connectivity index (χ1) is 9.22. The highest BCUT2D eigenvalue weighted by Crippen LogP contribution is 2.48. The molecule has 1 fully saturated rings. The number of benzene rings is 1. The summed E-state index contributed by atoms with van der Waals surface area (Å²) in [5.41, 5.74) is 6.65. The van der Waals surface area contributed by atoms with Crippen molar-refractivity contribution in [3.63, 3.8) is 0 Å². The maximum Gasteiger partial charge on any atom is 0.251 e. The fourth-order valence-corrected chi connectivity index (χ4v) is 3.18. The van der Waals surface area contributed by atoms with E-state index in [9.17, 15) is 0 Å². The Hall–Kier alpha value is -0.930. The lowest BCUT2D eigenvalue weighted by Gasteiger charge is -2.21. The van der Waals surface area contributed by atoms with Gasteiger partial charge in [0.1, 0.15) is 0 Å². The van der Waals surface area contributed by atoms with Crippen LogP contribution < -0.4 is 15.2 Å². The summed E-state index contributed by atoms with van der Waals surface area (Å²) in [5, 5.41) is 0.773. The van der Waals surface area contributed by atoms with Crippen molar-refractivity contribution >= 4 is 11.6 Å². The van der Waals surface area contributed by atoms with Crippen LogP contribution >= 0.6 is 11.6 Å². The van der Waals surface area contributed by atoms with E-state index in [1.54, 1.807) is 0 Å². The zero-order valence-electron chi connectivity index (χ0n) is 11.1. The van der Waals surface area contributed by atoms with Crippen LogP contribution in [0.25, 0.3) is 0 Å². The predicted octanol–water partition coefficient (Wildman–Crippen LogP) is 3.66. The number of hydrogen-bond donors (Lipinski definition) is 1. The number of nitrogens with two attached hydrogens (primary N) is 1. The molecule has 3 rings (SSSR count). The average Bonchev–Trinajstić information content (AvgIpc) is 2.97. The summed E-state index contributed by atoms with van der Waals surface area (Å²) in [6.45, 7) is 0.727. The monoisotopic (exact) mass is 281 g/mol. The zero-order chi connectivity index (χ0) is 13.3. The van der Waals surface area contributed by atoms with Crippen molar-refractivity contribution in [3.05, 3.63) is 22.7 Å². The summed E-state index contributed by atoms with van der Waals surface area (Å²) in [5.74, 6) is 1.25. The first kappa shape index (κ1) is 13.1. The van der Waals surface area contributed by atoms with E-state index in [1.165, 1.54) is 12.8 Å². The summed E-state index contributed by atoms with van der Waals surface area (Å²) >= 11 is 6.32. The maximum atomic E-state index is 6.32. The Labute approximate surface area is 119 Å². The number of fused-ring (bicyclic) bond motifs is 1. The predicted molar refractivity (Wildman–Crippen MR) is 75.9 cm³/mol. The Balaban J connectivity index is 1.77. The standard InChI is InChI=1S/C15H20ClNO2/c16-12-10-14-13(9-11(12)5-1-4-8-17)18-15(19-14)6-2-3-7-15/h9-10H,1-8,17H2. The van der Waals surface area contributed by atoms with E-state index in [0.29, 0.717) is 0 Å². The fourth-order valence-electron chi connectivity index (χ4n) is 2.93. The lowest BCUT2D eigenvalue weighted by molar-refractivity contribution is -0.0716. The Bertz CT molecular complexity index is 469. The Morgan fingerprint density at radius 3 is 2.47 bits per heavy atom. The molecule has 104 valence electrons. The quantitative estimate of drug-likeness (QED) is 0.857. The highest BCUT2D eigenvalue weighted by Gasteiger charge is 2.44. The van der Waals surface area contributed by atoms with Crippen molar-refractivity contribution in [1.82, 2.24) is 0 Å². The number of aryl methyl sites for hydroxylation is 1. The Morgan fingerprint density at radius 1 is 1.11 bits per heavy atom. The van der Waals surface area contributed by atoms with Crippen LogP contribution in [0, 0.1) is 0 Å². The van der Waals surface area contributed by atoms with Crippen LogP contribution in [0.1, 0.15) is 44.1 Å². The minimum atomic E-state index is -0.401. The second-order valence-corrected chi connectivity index (χ2v) is 5.87. The van der Waals surface area contributed by atoms with Crippen molar-refractivity contribution < 1.29 is 9.47 Å². The molecule has 1 aliphatic carbocycles. The van der Waals surface area contributed by atoms with Crippen molar-refractivity contribution in [2.75, 3.05) is 6.54 Å². The molecule has 19 heavy (non-hydrogen) atoms. The molecule has 1 aromatic rings. The van der Waals surface area contributed by atoms with Crippen LogP contribution in [0.4, 0.5) is 0 Å². The second kappa shape index (κ2) is 5.22. The largest absolute Gasteiger partial charge is 0.448 e. The minimum Gasteiger partial charge on any atom is -0.448 e. The van der Waals surface area contributed by atoms with Gasteiger partial charge < -0.3 is 15.2 Å². The molecule has 1 aromatic carbocycles. The SMILES string of the molecule is NCCCCc1cc2c(cc1Cl)OC1(CCCC1)O2. The van der Waals surface area contributed by atoms with Crippen LogP contribution in [0.15, 0.2) is 12.1 Å². The third-order valence-corrected chi connectivity index (χ3v) is 4.32. The van der Waals surface area contributed by atoms with E-state index >= 15 is 0 Å². The summed E-state index contributed by atoms with van der Waals surface area (Å²) < 4.78 is 12.0. The molecule has 1 aliphatic heterocycles. The number of hydrogen-bond acceptors (Lipinski definition) is 3. The van der Waals surface area contributed by atoms with E-state index in [2.05, 4.69) is 0 Å². The molecule has 0 atom stereocenters. The van der Waals surface area contributed by atoms with Gasteiger partial charge in [-0.3, -0.25) is 0 Å². The fraction of sp³-hybridized carbons (Fsp3) is 0.600. The molecular formula is C15H20ClNO2. The third kappa shape index (κ3) is 2.54. The molecule has 4 heteroatoms. The molecule has 1 spiro atoms. The van der Waals surface area contributed by atoms with Gasteiger partial charge >= 0.3 is 0 Å². The van der Waals surface area contributed by atoms with Gasteiger partial charge in [-0.25, -0.2) is 0 Å². The van der Waals surface area contributed by atoms with Crippen LogP contribution in [-0.2, 0) is 6.42 Å². The molecular weight excluding hydrogens is 262 g/mol. The molecule has 0 bridgehead atoms. The lowest BCUT2D eigenvalue weighted by Crippen LogP contribution is -2.34. The van der Waals surface area contributed by atoms with Gasteiger partial charge in [-0.1, -0.05) is 11.6 Å². The van der Waals surface area contributed by atoms with E-state index < -0.39 is 5.79 Å². The van der Waals surface area contributed by atoms with E-state index in [4.69, 9.17) is 26.8 Å². The molecule has 0 saturated heterocycles. The smallest absolute Gasteiger partial charge is 0.251 e. The number of unbranched alkanes of at least 4 members (excludes halogenated alkanes) is 1. The zero-order valence-corrected chi connectivity index (χ0v) is 11.8. The van der Waals surface area contributed by atoms with Gasteiger partial charge in [-0.15, -0.1) is 0 Å². The molecule has 3 nitrogen and oxygen atoms in total. The van der Waals surface area contributed by atoms with Gasteiger partial charge in [-0.05, 0) is 50.3 Å². The summed E-state index contributed by atoms with van der Waals surface area (Å²) in [7, 11) is 0.